The average molecular weight is 450 g/mol. The molecule has 1 fully saturated rings. The zero-order valence-electron chi connectivity index (χ0n) is 18.6. The molecule has 0 spiro atoms. The Morgan fingerprint density at radius 1 is 0.970 bits per heavy atom. The maximum absolute atomic E-state index is 13.0. The second kappa shape index (κ2) is 9.64. The lowest BCUT2D eigenvalue weighted by molar-refractivity contribution is -0.117. The number of methoxy groups -OCH3 is 1. The van der Waals surface area contributed by atoms with Crippen molar-refractivity contribution in [3.63, 3.8) is 0 Å². The Balaban J connectivity index is 1.28. The molecule has 1 aromatic heterocycles. The van der Waals surface area contributed by atoms with Gasteiger partial charge >= 0.3 is 6.03 Å². The highest BCUT2D eigenvalue weighted by Crippen LogP contribution is 2.20. The Morgan fingerprint density at radius 3 is 2.33 bits per heavy atom. The molecule has 1 atom stereocenters. The van der Waals surface area contributed by atoms with Gasteiger partial charge in [-0.2, -0.15) is 0 Å². The number of hydrogen-bond donors (Lipinski definition) is 3. The van der Waals surface area contributed by atoms with E-state index in [9.17, 15) is 14.4 Å². The highest BCUT2D eigenvalue weighted by molar-refractivity contribution is 6.06. The topological polar surface area (TPSA) is 107 Å². The first-order chi connectivity index (χ1) is 16.0. The van der Waals surface area contributed by atoms with E-state index in [-0.39, 0.29) is 17.8 Å². The van der Waals surface area contributed by atoms with Gasteiger partial charge in [0.25, 0.3) is 5.91 Å². The van der Waals surface area contributed by atoms with Gasteiger partial charge in [0.1, 0.15) is 11.8 Å². The summed E-state index contributed by atoms with van der Waals surface area (Å²) >= 11 is 0. The molecule has 0 saturated carbocycles. The van der Waals surface area contributed by atoms with Gasteiger partial charge in [0, 0.05) is 49.0 Å². The van der Waals surface area contributed by atoms with E-state index in [1.165, 1.54) is 0 Å². The molecule has 1 saturated heterocycles. The number of H-pyrrole nitrogens is 1. The highest BCUT2D eigenvalue weighted by atomic mass is 16.5. The quantitative estimate of drug-likeness (QED) is 0.557. The van der Waals surface area contributed by atoms with Crippen molar-refractivity contribution >= 4 is 34.4 Å². The van der Waals surface area contributed by atoms with Crippen molar-refractivity contribution in [2.24, 2.45) is 0 Å². The number of hydrogen-bond acceptors (Lipinski definition) is 4. The van der Waals surface area contributed by atoms with Crippen molar-refractivity contribution in [2.75, 3.05) is 38.6 Å². The number of aromatic nitrogens is 1. The predicted molar refractivity (Wildman–Crippen MR) is 125 cm³/mol. The zero-order chi connectivity index (χ0) is 23.4. The molecular weight excluding hydrogens is 422 g/mol. The second-order valence-electron chi connectivity index (χ2n) is 7.92. The number of benzene rings is 2. The van der Waals surface area contributed by atoms with Crippen molar-refractivity contribution in [1.29, 1.82) is 0 Å². The summed E-state index contributed by atoms with van der Waals surface area (Å²) in [5.74, 6) is 0.318. The molecule has 0 unspecified atom stereocenters. The van der Waals surface area contributed by atoms with E-state index in [0.29, 0.717) is 43.2 Å². The van der Waals surface area contributed by atoms with E-state index in [1.54, 1.807) is 54.3 Å². The predicted octanol–water partition coefficient (Wildman–Crippen LogP) is 2.67. The molecular formula is C24H27N5O4. The van der Waals surface area contributed by atoms with Crippen LogP contribution in [0.2, 0.25) is 0 Å². The molecule has 1 aliphatic rings. The molecule has 9 heteroatoms. The first kappa shape index (κ1) is 22.2. The van der Waals surface area contributed by atoms with Gasteiger partial charge in [0.05, 0.1) is 12.7 Å². The zero-order valence-corrected chi connectivity index (χ0v) is 18.6. The number of aromatic amines is 1. The number of ether oxygens (including phenoxy) is 1. The first-order valence-electron chi connectivity index (χ1n) is 10.8. The number of amides is 4. The number of nitrogens with zero attached hydrogens (tertiary/aromatic N) is 2. The summed E-state index contributed by atoms with van der Waals surface area (Å²) in [7, 11) is 1.57. The van der Waals surface area contributed by atoms with Crippen LogP contribution in [0.3, 0.4) is 0 Å². The number of piperazine rings is 1. The number of carbonyl (C=O) groups excluding carboxylic acids is 3. The Kier molecular flexibility index (Phi) is 6.48. The lowest BCUT2D eigenvalue weighted by Gasteiger charge is -2.35. The molecule has 0 bridgehead atoms. The summed E-state index contributed by atoms with van der Waals surface area (Å²) < 4.78 is 5.10. The van der Waals surface area contributed by atoms with Crippen molar-refractivity contribution in [3.05, 3.63) is 60.3 Å². The molecule has 33 heavy (non-hydrogen) atoms. The minimum atomic E-state index is -0.717. The first-order valence-corrected chi connectivity index (χ1v) is 10.8. The molecule has 4 amide bonds. The number of rotatable bonds is 5. The van der Waals surface area contributed by atoms with E-state index < -0.39 is 6.04 Å². The Bertz CT molecular complexity index is 1150. The molecule has 1 aliphatic heterocycles. The minimum absolute atomic E-state index is 0.0558. The van der Waals surface area contributed by atoms with Crippen LogP contribution in [0.5, 0.6) is 5.75 Å². The smallest absolute Gasteiger partial charge is 0.318 e. The fourth-order valence-corrected chi connectivity index (χ4v) is 3.80. The third-order valence-corrected chi connectivity index (χ3v) is 5.76. The molecule has 0 aliphatic carbocycles. The van der Waals surface area contributed by atoms with Gasteiger partial charge in [0.2, 0.25) is 5.91 Å². The summed E-state index contributed by atoms with van der Waals surface area (Å²) in [6.45, 7) is 3.28. The lowest BCUT2D eigenvalue weighted by atomic mass is 10.1. The van der Waals surface area contributed by atoms with Crippen LogP contribution >= 0.6 is 0 Å². The van der Waals surface area contributed by atoms with Crippen LogP contribution in [0.25, 0.3) is 10.9 Å². The van der Waals surface area contributed by atoms with Gasteiger partial charge in [-0.15, -0.1) is 0 Å². The van der Waals surface area contributed by atoms with E-state index in [0.717, 1.165) is 10.9 Å². The van der Waals surface area contributed by atoms with Crippen molar-refractivity contribution in [2.45, 2.75) is 13.0 Å². The monoisotopic (exact) mass is 449 g/mol. The molecule has 4 rings (SSSR count). The standard InChI is InChI=1S/C24H27N5O4/c1-16(22(30)27-17-7-9-18(33-2)10-8-17)26-24(32)29-13-11-28(12-14-29)23(31)20-15-25-21-6-4-3-5-19(20)21/h3-10,15-16,25H,11-14H2,1-2H3,(H,26,32)(H,27,30)/t16-/m0/s1. The molecule has 3 aromatic rings. The number of anilines is 1. The fraction of sp³-hybridized carbons (Fsp3) is 0.292. The largest absolute Gasteiger partial charge is 0.497 e. The number of nitrogens with one attached hydrogen (secondary N) is 3. The van der Waals surface area contributed by atoms with E-state index in [2.05, 4.69) is 15.6 Å². The minimum Gasteiger partial charge on any atom is -0.497 e. The number of para-hydroxylation sites is 1. The summed E-state index contributed by atoms with van der Waals surface area (Å²) in [4.78, 5) is 44.5. The van der Waals surface area contributed by atoms with Gasteiger partial charge in [0.15, 0.2) is 0 Å². The van der Waals surface area contributed by atoms with Crippen LogP contribution in [0.4, 0.5) is 10.5 Å². The van der Waals surface area contributed by atoms with Crippen LogP contribution < -0.4 is 15.4 Å². The third-order valence-electron chi connectivity index (χ3n) is 5.76. The number of carbonyl (C=O) groups is 3. The van der Waals surface area contributed by atoms with Crippen LogP contribution in [0.15, 0.2) is 54.7 Å². The lowest BCUT2D eigenvalue weighted by Crippen LogP contribution is -2.55. The molecule has 0 radical (unpaired) electrons. The van der Waals surface area contributed by atoms with Crippen LogP contribution in [-0.2, 0) is 4.79 Å². The van der Waals surface area contributed by atoms with E-state index in [4.69, 9.17) is 4.74 Å². The Hall–Kier alpha value is -4.01. The number of urea groups is 1. The number of fused-ring (bicyclic) bond motifs is 1. The highest BCUT2D eigenvalue weighted by Gasteiger charge is 2.27. The molecule has 172 valence electrons. The summed E-state index contributed by atoms with van der Waals surface area (Å²) in [5, 5.41) is 6.39. The van der Waals surface area contributed by atoms with Gasteiger partial charge in [-0.05, 0) is 37.3 Å². The van der Waals surface area contributed by atoms with Gasteiger partial charge in [-0.3, -0.25) is 9.59 Å². The van der Waals surface area contributed by atoms with Crippen molar-refractivity contribution in [1.82, 2.24) is 20.1 Å². The molecule has 2 aromatic carbocycles. The Labute approximate surface area is 191 Å². The molecule has 3 N–H and O–H groups in total. The fourth-order valence-electron chi connectivity index (χ4n) is 3.80. The SMILES string of the molecule is COc1ccc(NC(=O)[C@H](C)NC(=O)N2CCN(C(=O)c3c[nH]c4ccccc34)CC2)cc1. The van der Waals surface area contributed by atoms with Gasteiger partial charge in [-0.25, -0.2) is 4.79 Å². The van der Waals surface area contributed by atoms with Gasteiger partial charge < -0.3 is 30.2 Å². The normalized spacial score (nSPS) is 14.6. The second-order valence-corrected chi connectivity index (χ2v) is 7.92. The maximum Gasteiger partial charge on any atom is 0.318 e. The molecule has 9 nitrogen and oxygen atoms in total. The summed E-state index contributed by atoms with van der Waals surface area (Å²) in [6, 6.07) is 13.6. The van der Waals surface area contributed by atoms with Crippen LogP contribution in [0, 0.1) is 0 Å². The van der Waals surface area contributed by atoms with E-state index in [1.807, 2.05) is 24.3 Å². The van der Waals surface area contributed by atoms with Crippen molar-refractivity contribution < 1.29 is 19.1 Å². The van der Waals surface area contributed by atoms with Crippen LogP contribution in [-0.4, -0.2) is 72.0 Å². The summed E-state index contributed by atoms with van der Waals surface area (Å²) in [5.41, 5.74) is 2.17. The van der Waals surface area contributed by atoms with Crippen molar-refractivity contribution in [3.8, 4) is 5.75 Å². The summed E-state index contributed by atoms with van der Waals surface area (Å²) in [6.07, 6.45) is 1.73. The maximum atomic E-state index is 13.0. The third kappa shape index (κ3) is 4.92. The van der Waals surface area contributed by atoms with Crippen LogP contribution in [0.1, 0.15) is 17.3 Å². The molecule has 2 heterocycles. The van der Waals surface area contributed by atoms with E-state index >= 15 is 0 Å². The average Bonchev–Trinajstić information content (AvgIpc) is 3.28. The Morgan fingerprint density at radius 2 is 1.64 bits per heavy atom. The van der Waals surface area contributed by atoms with Gasteiger partial charge in [-0.1, -0.05) is 18.2 Å².